The molecule has 0 aliphatic rings. The van der Waals surface area contributed by atoms with E-state index in [1.807, 2.05) is 34.8 Å². The lowest BCUT2D eigenvalue weighted by molar-refractivity contribution is 1.25. The Bertz CT molecular complexity index is 3060. The smallest absolute Gasteiger partial charge is 0.0893 e. The summed E-state index contributed by atoms with van der Waals surface area (Å²) in [6.07, 6.45) is 6.20. The van der Waals surface area contributed by atoms with E-state index in [4.69, 9.17) is 9.97 Å². The molecule has 0 bridgehead atoms. The minimum Gasteiger partial charge on any atom is -0.246 e. The molecule has 0 unspecified atom stereocenters. The molecule has 5 heterocycles. The Morgan fingerprint density at radius 3 is 1.48 bits per heavy atom. The average molecular weight is 719 g/mol. The first-order valence-corrected chi connectivity index (χ1v) is 19.7. The van der Waals surface area contributed by atoms with Crippen LogP contribution < -0.4 is 0 Å². The van der Waals surface area contributed by atoms with Crippen LogP contribution in [-0.4, -0.2) is 9.97 Å². The second kappa shape index (κ2) is 12.5. The fraction of sp³-hybridized carbons (Fsp3) is 0.0213. The Labute approximate surface area is 313 Å². The highest BCUT2D eigenvalue weighted by atomic mass is 32.1. The molecule has 10 rings (SSSR count). The summed E-state index contributed by atoms with van der Waals surface area (Å²) in [5, 5.41) is 6.41. The van der Waals surface area contributed by atoms with Crippen LogP contribution >= 0.6 is 34.0 Å². The number of pyridine rings is 2. The highest BCUT2D eigenvalue weighted by Gasteiger charge is 2.14. The third-order valence-corrected chi connectivity index (χ3v) is 13.3. The molecule has 0 atom stereocenters. The number of aromatic nitrogens is 2. The van der Waals surface area contributed by atoms with Gasteiger partial charge >= 0.3 is 0 Å². The Balaban J connectivity index is 1.01. The van der Waals surface area contributed by atoms with E-state index in [2.05, 4.69) is 153 Å². The molecule has 0 saturated carbocycles. The molecular weight excluding hydrogens is 689 g/mol. The second-order valence-electron chi connectivity index (χ2n) is 12.9. The molecule has 5 heteroatoms. The fourth-order valence-corrected chi connectivity index (χ4v) is 10.5. The van der Waals surface area contributed by atoms with Gasteiger partial charge in [0.1, 0.15) is 0 Å². The Kier molecular flexibility index (Phi) is 7.46. The maximum absolute atomic E-state index is 5.16. The van der Waals surface area contributed by atoms with Crippen LogP contribution in [0.4, 0.5) is 0 Å². The zero-order chi connectivity index (χ0) is 34.8. The number of allylic oxidation sites excluding steroid dienone is 1. The van der Waals surface area contributed by atoms with Crippen LogP contribution in [-0.2, 0) is 0 Å². The molecule has 0 amide bonds. The monoisotopic (exact) mass is 718 g/mol. The molecule has 5 aromatic carbocycles. The van der Waals surface area contributed by atoms with Crippen molar-refractivity contribution in [2.24, 2.45) is 0 Å². The van der Waals surface area contributed by atoms with Gasteiger partial charge in [0.2, 0.25) is 0 Å². The van der Waals surface area contributed by atoms with E-state index in [1.54, 1.807) is 11.3 Å². The van der Waals surface area contributed by atoms with Gasteiger partial charge < -0.3 is 0 Å². The van der Waals surface area contributed by atoms with Crippen LogP contribution in [0.5, 0.6) is 0 Å². The van der Waals surface area contributed by atoms with Gasteiger partial charge in [-0.3, -0.25) is 0 Å². The van der Waals surface area contributed by atoms with Gasteiger partial charge in [0.15, 0.2) is 0 Å². The minimum atomic E-state index is 0.854. The van der Waals surface area contributed by atoms with E-state index in [1.165, 1.54) is 72.0 Å². The summed E-state index contributed by atoms with van der Waals surface area (Å²) in [5.74, 6) is 0. The molecule has 52 heavy (non-hydrogen) atoms. The van der Waals surface area contributed by atoms with Crippen molar-refractivity contribution < 1.29 is 0 Å². The first-order valence-electron chi connectivity index (χ1n) is 17.3. The van der Waals surface area contributed by atoms with Gasteiger partial charge in [0, 0.05) is 66.4 Å². The Morgan fingerprint density at radius 2 is 0.904 bits per heavy atom. The number of thiophene rings is 3. The summed E-state index contributed by atoms with van der Waals surface area (Å²) >= 11 is 5.48. The number of rotatable bonds is 6. The van der Waals surface area contributed by atoms with E-state index in [-0.39, 0.29) is 0 Å². The quantitative estimate of drug-likeness (QED) is 0.171. The number of benzene rings is 5. The minimum absolute atomic E-state index is 0.854. The van der Waals surface area contributed by atoms with Crippen molar-refractivity contribution >= 4 is 96.6 Å². The van der Waals surface area contributed by atoms with Crippen molar-refractivity contribution in [3.63, 3.8) is 0 Å². The van der Waals surface area contributed by atoms with Crippen molar-refractivity contribution in [1.82, 2.24) is 9.97 Å². The van der Waals surface area contributed by atoms with E-state index in [0.29, 0.717) is 0 Å². The summed E-state index contributed by atoms with van der Waals surface area (Å²) < 4.78 is 6.48. The molecule has 0 spiro atoms. The predicted octanol–water partition coefficient (Wildman–Crippen LogP) is 14.8. The van der Waals surface area contributed by atoms with Crippen molar-refractivity contribution in [2.45, 2.75) is 6.92 Å². The van der Waals surface area contributed by atoms with Gasteiger partial charge in [-0.15, -0.1) is 34.0 Å². The van der Waals surface area contributed by atoms with Crippen LogP contribution in [0.25, 0.3) is 108 Å². The van der Waals surface area contributed by atoms with Crippen LogP contribution in [0.2, 0.25) is 0 Å². The van der Waals surface area contributed by atoms with Gasteiger partial charge in [-0.1, -0.05) is 79.4 Å². The molecule has 0 N–H and O–H groups in total. The number of nitrogens with zero attached hydrogens (tertiary/aromatic N) is 2. The van der Waals surface area contributed by atoms with Gasteiger partial charge in [0.05, 0.1) is 22.8 Å². The van der Waals surface area contributed by atoms with Gasteiger partial charge in [-0.2, -0.15) is 0 Å². The maximum atomic E-state index is 5.16. The highest BCUT2D eigenvalue weighted by molar-refractivity contribution is 7.26. The summed E-state index contributed by atoms with van der Waals surface area (Å²) in [5.41, 5.74) is 9.44. The topological polar surface area (TPSA) is 25.8 Å². The number of hydrogen-bond acceptors (Lipinski definition) is 5. The van der Waals surface area contributed by atoms with E-state index in [0.717, 1.165) is 33.9 Å². The lowest BCUT2D eigenvalue weighted by atomic mass is 10.00. The van der Waals surface area contributed by atoms with Crippen molar-refractivity contribution in [1.29, 1.82) is 0 Å². The van der Waals surface area contributed by atoms with E-state index >= 15 is 0 Å². The van der Waals surface area contributed by atoms with Gasteiger partial charge in [-0.25, -0.2) is 9.97 Å². The average Bonchev–Trinajstić information content (AvgIpc) is 3.88. The van der Waals surface area contributed by atoms with E-state index in [9.17, 15) is 0 Å². The zero-order valence-electron chi connectivity index (χ0n) is 28.3. The molecular formula is C47H30N2S3. The van der Waals surface area contributed by atoms with Crippen LogP contribution in [0.1, 0.15) is 17.4 Å². The third-order valence-electron chi connectivity index (χ3n) is 9.81. The zero-order valence-corrected chi connectivity index (χ0v) is 30.7. The summed E-state index contributed by atoms with van der Waals surface area (Å²) in [6.45, 7) is 6.09. The molecule has 0 saturated heterocycles. The third kappa shape index (κ3) is 5.20. The lowest BCUT2D eigenvalue weighted by Gasteiger charge is -2.08. The van der Waals surface area contributed by atoms with Gasteiger partial charge in [-0.05, 0) is 102 Å². The molecule has 10 aromatic rings. The van der Waals surface area contributed by atoms with Crippen LogP contribution in [0.3, 0.4) is 0 Å². The van der Waals surface area contributed by atoms with Crippen molar-refractivity contribution in [3.05, 3.63) is 157 Å². The summed E-state index contributed by atoms with van der Waals surface area (Å²) in [6, 6.07) is 48.3. The largest absolute Gasteiger partial charge is 0.246 e. The Hall–Kier alpha value is -5.72. The van der Waals surface area contributed by atoms with E-state index < -0.39 is 0 Å². The Morgan fingerprint density at radius 1 is 0.442 bits per heavy atom. The highest BCUT2D eigenvalue weighted by Crippen LogP contribution is 2.41. The SMILES string of the molecule is C=Cc1sc2ccc(-c3cccc(-c4cccc(-c5ccc6sc7ccc(-c8ccc9sc%10ccccc%10c9c8)cc7c6c5)n4)n3)cc2c1/C=C\C. The molecule has 5 aromatic heterocycles. The molecule has 0 fully saturated rings. The summed E-state index contributed by atoms with van der Waals surface area (Å²) in [4.78, 5) is 11.5. The van der Waals surface area contributed by atoms with Crippen molar-refractivity contribution in [3.8, 4) is 45.0 Å². The lowest BCUT2D eigenvalue weighted by Crippen LogP contribution is -1.92. The van der Waals surface area contributed by atoms with Crippen LogP contribution in [0.15, 0.2) is 146 Å². The van der Waals surface area contributed by atoms with Crippen LogP contribution in [0, 0.1) is 0 Å². The summed E-state index contributed by atoms with van der Waals surface area (Å²) in [7, 11) is 0. The number of fused-ring (bicyclic) bond motifs is 7. The molecule has 0 aliphatic heterocycles. The molecule has 0 aliphatic carbocycles. The maximum Gasteiger partial charge on any atom is 0.0893 e. The molecule has 0 radical (unpaired) electrons. The van der Waals surface area contributed by atoms with Crippen molar-refractivity contribution in [2.75, 3.05) is 0 Å². The second-order valence-corrected chi connectivity index (χ2v) is 16.2. The van der Waals surface area contributed by atoms with Gasteiger partial charge in [0.25, 0.3) is 0 Å². The first-order chi connectivity index (χ1) is 25.6. The first kappa shape index (κ1) is 31.1. The molecule has 246 valence electrons. The fourth-order valence-electron chi connectivity index (χ4n) is 7.28. The number of hydrogen-bond donors (Lipinski definition) is 0. The predicted molar refractivity (Wildman–Crippen MR) is 230 cm³/mol. The normalized spacial score (nSPS) is 11.9. The standard InChI is InChI=1S/C47H30N2S3/c1-3-9-32-35-26-30(18-22-44(35)50-42(32)4-2)38-11-7-13-40(48-38)41-14-8-12-39(49-41)31-19-23-47-37(27-31)36-25-29(17-21-46(36)52-47)28-16-20-45-34(24-28)33-10-5-6-15-43(33)51-45/h3-27H,2H2,1H3/b9-3-. The molecule has 2 nitrogen and oxygen atoms in total.